The van der Waals surface area contributed by atoms with Crippen LogP contribution in [0.4, 0.5) is 0 Å². The monoisotopic (exact) mass is 234 g/mol. The second kappa shape index (κ2) is 8.55. The summed E-state index contributed by atoms with van der Waals surface area (Å²) in [6, 6.07) is 0. The predicted molar refractivity (Wildman–Crippen MR) is 60.6 cm³/mol. The van der Waals surface area contributed by atoms with E-state index in [1.165, 1.54) is 4.90 Å². The molecule has 3 N–H and O–H groups in total. The fourth-order valence-corrected chi connectivity index (χ4v) is 1.42. The molecule has 0 rings (SSSR count). The van der Waals surface area contributed by atoms with E-state index in [0.717, 1.165) is 0 Å². The molecule has 0 spiro atoms. The fourth-order valence-electron chi connectivity index (χ4n) is 1.17. The van der Waals surface area contributed by atoms with Crippen molar-refractivity contribution in [1.29, 1.82) is 0 Å². The smallest absolute Gasteiger partial charge is 0.222 e. The summed E-state index contributed by atoms with van der Waals surface area (Å²) in [6.45, 7) is 0.768. The average Bonchev–Trinajstić information content (AvgIpc) is 2.16. The van der Waals surface area contributed by atoms with Gasteiger partial charge >= 0.3 is 0 Å². The SMILES string of the molecule is NC(=O)CCCC(=O)N(CCO)CCS. The predicted octanol–water partition coefficient (Wildman–Crippen LogP) is -0.607. The minimum absolute atomic E-state index is 0.0602. The molecule has 0 fully saturated rings. The molecule has 0 aromatic heterocycles. The summed E-state index contributed by atoms with van der Waals surface area (Å²) in [7, 11) is 0. The number of primary amides is 1. The van der Waals surface area contributed by atoms with Gasteiger partial charge in [-0.3, -0.25) is 9.59 Å². The van der Waals surface area contributed by atoms with Crippen molar-refractivity contribution in [3.05, 3.63) is 0 Å². The van der Waals surface area contributed by atoms with Gasteiger partial charge < -0.3 is 15.7 Å². The van der Waals surface area contributed by atoms with Crippen LogP contribution in [0.1, 0.15) is 19.3 Å². The van der Waals surface area contributed by atoms with E-state index < -0.39 is 5.91 Å². The van der Waals surface area contributed by atoms with Crippen molar-refractivity contribution in [3.8, 4) is 0 Å². The summed E-state index contributed by atoms with van der Waals surface area (Å²) in [5, 5.41) is 8.73. The molecule has 0 aliphatic rings. The van der Waals surface area contributed by atoms with E-state index in [-0.39, 0.29) is 25.4 Å². The lowest BCUT2D eigenvalue weighted by Crippen LogP contribution is -2.35. The van der Waals surface area contributed by atoms with Crippen molar-refractivity contribution >= 4 is 24.4 Å². The van der Waals surface area contributed by atoms with E-state index in [0.29, 0.717) is 25.3 Å². The maximum atomic E-state index is 11.5. The molecule has 0 radical (unpaired) electrons. The minimum Gasteiger partial charge on any atom is -0.395 e. The van der Waals surface area contributed by atoms with Crippen LogP contribution in [-0.4, -0.2) is 47.3 Å². The highest BCUT2D eigenvalue weighted by atomic mass is 32.1. The maximum absolute atomic E-state index is 11.5. The number of nitrogens with two attached hydrogens (primary N) is 1. The Hall–Kier alpha value is -0.750. The molecule has 0 aromatic carbocycles. The highest BCUT2D eigenvalue weighted by molar-refractivity contribution is 7.80. The lowest BCUT2D eigenvalue weighted by Gasteiger charge is -2.20. The highest BCUT2D eigenvalue weighted by Crippen LogP contribution is 2.01. The molecule has 0 aromatic rings. The molecule has 0 atom stereocenters. The molecular weight excluding hydrogens is 216 g/mol. The summed E-state index contributed by atoms with van der Waals surface area (Å²) < 4.78 is 0. The molecule has 0 aliphatic heterocycles. The molecule has 5 nitrogen and oxygen atoms in total. The molecular formula is C9H18N2O3S. The molecule has 6 heteroatoms. The third-order valence-electron chi connectivity index (χ3n) is 1.91. The molecule has 2 amide bonds. The second-order valence-electron chi connectivity index (χ2n) is 3.15. The number of nitrogens with zero attached hydrogens (tertiary/aromatic N) is 1. The Labute approximate surface area is 95.0 Å². The number of carbonyl (C=O) groups excluding carboxylic acids is 2. The Bertz CT molecular complexity index is 206. The number of hydrogen-bond acceptors (Lipinski definition) is 4. The van der Waals surface area contributed by atoms with Gasteiger partial charge in [0.05, 0.1) is 6.61 Å². The topological polar surface area (TPSA) is 83.6 Å². The summed E-state index contributed by atoms with van der Waals surface area (Å²) >= 11 is 4.02. The molecule has 0 unspecified atom stereocenters. The van der Waals surface area contributed by atoms with Crippen molar-refractivity contribution in [2.75, 3.05) is 25.4 Å². The van der Waals surface area contributed by atoms with Crippen molar-refractivity contribution in [2.24, 2.45) is 5.73 Å². The van der Waals surface area contributed by atoms with Gasteiger partial charge in [-0.05, 0) is 6.42 Å². The lowest BCUT2D eigenvalue weighted by molar-refractivity contribution is -0.131. The van der Waals surface area contributed by atoms with Gasteiger partial charge in [0.15, 0.2) is 0 Å². The zero-order chi connectivity index (χ0) is 11.7. The van der Waals surface area contributed by atoms with E-state index in [9.17, 15) is 9.59 Å². The van der Waals surface area contributed by atoms with E-state index in [2.05, 4.69) is 12.6 Å². The van der Waals surface area contributed by atoms with Gasteiger partial charge in [0, 0.05) is 31.7 Å². The Morgan fingerprint density at radius 1 is 1.27 bits per heavy atom. The number of aliphatic hydroxyl groups excluding tert-OH is 1. The average molecular weight is 234 g/mol. The van der Waals surface area contributed by atoms with Gasteiger partial charge in [-0.2, -0.15) is 12.6 Å². The first-order valence-electron chi connectivity index (χ1n) is 4.89. The molecule has 15 heavy (non-hydrogen) atoms. The molecule has 0 bridgehead atoms. The zero-order valence-electron chi connectivity index (χ0n) is 8.69. The number of carbonyl (C=O) groups is 2. The van der Waals surface area contributed by atoms with E-state index in [4.69, 9.17) is 10.8 Å². The Morgan fingerprint density at radius 3 is 2.40 bits per heavy atom. The van der Waals surface area contributed by atoms with E-state index in [1.54, 1.807) is 0 Å². The minimum atomic E-state index is -0.397. The fraction of sp³-hybridized carbons (Fsp3) is 0.778. The highest BCUT2D eigenvalue weighted by Gasteiger charge is 2.11. The van der Waals surface area contributed by atoms with Crippen LogP contribution in [0.5, 0.6) is 0 Å². The number of hydrogen-bond donors (Lipinski definition) is 3. The van der Waals surface area contributed by atoms with Crippen LogP contribution in [0.3, 0.4) is 0 Å². The van der Waals surface area contributed by atoms with E-state index in [1.807, 2.05) is 0 Å². The number of thiol groups is 1. The first-order chi connectivity index (χ1) is 7.11. The van der Waals surface area contributed by atoms with Crippen molar-refractivity contribution in [2.45, 2.75) is 19.3 Å². The first-order valence-corrected chi connectivity index (χ1v) is 5.53. The van der Waals surface area contributed by atoms with Crippen LogP contribution in [0.25, 0.3) is 0 Å². The molecule has 0 aliphatic carbocycles. The number of aliphatic hydroxyl groups is 1. The van der Waals surface area contributed by atoms with Crippen LogP contribution in [-0.2, 0) is 9.59 Å². The first kappa shape index (κ1) is 14.2. The van der Waals surface area contributed by atoms with E-state index >= 15 is 0 Å². The zero-order valence-corrected chi connectivity index (χ0v) is 9.58. The van der Waals surface area contributed by atoms with Gasteiger partial charge in [0.25, 0.3) is 0 Å². The van der Waals surface area contributed by atoms with Gasteiger partial charge in [-0.15, -0.1) is 0 Å². The van der Waals surface area contributed by atoms with Crippen LogP contribution in [0, 0.1) is 0 Å². The van der Waals surface area contributed by atoms with Crippen LogP contribution in [0.15, 0.2) is 0 Å². The maximum Gasteiger partial charge on any atom is 0.222 e. The third-order valence-corrected chi connectivity index (χ3v) is 2.11. The summed E-state index contributed by atoms with van der Waals surface area (Å²) in [5.41, 5.74) is 4.96. The standard InChI is InChI=1S/C9H18N2O3S/c10-8(13)2-1-3-9(14)11(4-6-12)5-7-15/h12,15H,1-7H2,(H2,10,13). The summed E-state index contributed by atoms with van der Waals surface area (Å²) in [6.07, 6.45) is 0.971. The molecule has 0 saturated carbocycles. The summed E-state index contributed by atoms with van der Waals surface area (Å²) in [4.78, 5) is 23.5. The second-order valence-corrected chi connectivity index (χ2v) is 3.60. The number of amides is 2. The van der Waals surface area contributed by atoms with Gasteiger partial charge in [-0.25, -0.2) is 0 Å². The number of rotatable bonds is 8. The molecule has 88 valence electrons. The van der Waals surface area contributed by atoms with Gasteiger partial charge in [0.2, 0.25) is 11.8 Å². The normalized spacial score (nSPS) is 10.0. The van der Waals surface area contributed by atoms with Crippen molar-refractivity contribution in [3.63, 3.8) is 0 Å². The summed E-state index contributed by atoms with van der Waals surface area (Å²) in [5.74, 6) is 0.0896. The van der Waals surface area contributed by atoms with Crippen LogP contribution in [0.2, 0.25) is 0 Å². The molecule has 0 heterocycles. The van der Waals surface area contributed by atoms with Crippen molar-refractivity contribution < 1.29 is 14.7 Å². The van der Waals surface area contributed by atoms with Crippen LogP contribution >= 0.6 is 12.6 Å². The third kappa shape index (κ3) is 7.21. The lowest BCUT2D eigenvalue weighted by atomic mass is 10.2. The van der Waals surface area contributed by atoms with Crippen LogP contribution < -0.4 is 5.73 Å². The Morgan fingerprint density at radius 2 is 1.93 bits per heavy atom. The Balaban J connectivity index is 3.85. The van der Waals surface area contributed by atoms with Gasteiger partial charge in [0.1, 0.15) is 0 Å². The largest absolute Gasteiger partial charge is 0.395 e. The quantitative estimate of drug-likeness (QED) is 0.490. The Kier molecular flexibility index (Phi) is 8.12. The van der Waals surface area contributed by atoms with Gasteiger partial charge in [-0.1, -0.05) is 0 Å². The molecule has 0 saturated heterocycles. The van der Waals surface area contributed by atoms with Crippen molar-refractivity contribution in [1.82, 2.24) is 4.90 Å².